The maximum Gasteiger partial charge on any atom is 0.402 e. The molecule has 0 saturated carbocycles. The number of ether oxygens (including phenoxy) is 1. The van der Waals surface area contributed by atoms with Crippen LogP contribution >= 0.6 is 0 Å². The molecule has 0 aliphatic heterocycles. The normalized spacial score (nSPS) is 14.4. The van der Waals surface area contributed by atoms with Gasteiger partial charge in [0.05, 0.1) is 12.6 Å². The van der Waals surface area contributed by atoms with E-state index in [0.29, 0.717) is 0 Å². The second-order valence-electron chi connectivity index (χ2n) is 4.09. The van der Waals surface area contributed by atoms with E-state index in [-0.39, 0.29) is 17.9 Å². The molecule has 0 spiro atoms. The molecule has 0 aliphatic rings. The summed E-state index contributed by atoms with van der Waals surface area (Å²) >= 11 is 0. The minimum Gasteiger partial charge on any atom is -0.494 e. The summed E-state index contributed by atoms with van der Waals surface area (Å²) in [6, 6.07) is 2.67. The predicted molar refractivity (Wildman–Crippen MR) is 60.1 cm³/mol. The van der Waals surface area contributed by atoms with Gasteiger partial charge in [0.1, 0.15) is 5.75 Å². The second kappa shape index (κ2) is 5.90. The molecule has 2 N–H and O–H groups in total. The fourth-order valence-corrected chi connectivity index (χ4v) is 1.76. The number of hydrogen-bond acceptors (Lipinski definition) is 2. The van der Waals surface area contributed by atoms with Crippen LogP contribution in [0.15, 0.2) is 24.3 Å². The lowest BCUT2D eigenvalue weighted by Crippen LogP contribution is -2.43. The molecule has 0 fully saturated rings. The highest BCUT2D eigenvalue weighted by Crippen LogP contribution is 2.45. The Morgan fingerprint density at radius 3 is 2.10 bits per heavy atom. The summed E-state index contributed by atoms with van der Waals surface area (Å²) in [4.78, 5) is 0. The molecule has 0 heterocycles. The Bertz CT molecular complexity index is 428. The fourth-order valence-electron chi connectivity index (χ4n) is 1.76. The van der Waals surface area contributed by atoms with Crippen LogP contribution in [0.4, 0.5) is 26.3 Å². The fraction of sp³-hybridized carbons (Fsp3) is 0.500. The number of rotatable bonds is 4. The average molecular weight is 301 g/mol. The molecule has 0 aromatic heterocycles. The number of halogens is 6. The molecular weight excluding hydrogens is 288 g/mol. The monoisotopic (exact) mass is 301 g/mol. The zero-order valence-electron chi connectivity index (χ0n) is 10.4. The van der Waals surface area contributed by atoms with Crippen LogP contribution in [-0.4, -0.2) is 19.0 Å². The van der Waals surface area contributed by atoms with Crippen LogP contribution in [0, 0.1) is 5.92 Å². The van der Waals surface area contributed by atoms with E-state index in [1.54, 1.807) is 6.92 Å². The van der Waals surface area contributed by atoms with Gasteiger partial charge in [0, 0.05) is 0 Å². The minimum atomic E-state index is -5.47. The highest BCUT2D eigenvalue weighted by molar-refractivity contribution is 5.31. The maximum atomic E-state index is 12.6. The van der Waals surface area contributed by atoms with Gasteiger partial charge in [0.25, 0.3) is 0 Å². The number of benzene rings is 1. The van der Waals surface area contributed by atoms with Crippen molar-refractivity contribution in [3.8, 4) is 5.75 Å². The molecule has 2 nitrogen and oxygen atoms in total. The van der Waals surface area contributed by atoms with Gasteiger partial charge < -0.3 is 10.5 Å². The summed E-state index contributed by atoms with van der Waals surface area (Å²) < 4.78 is 80.4. The van der Waals surface area contributed by atoms with Crippen molar-refractivity contribution in [2.45, 2.75) is 25.3 Å². The van der Waals surface area contributed by atoms with Crippen molar-refractivity contribution >= 4 is 0 Å². The first-order valence-corrected chi connectivity index (χ1v) is 5.69. The van der Waals surface area contributed by atoms with Gasteiger partial charge in [-0.05, 0) is 24.6 Å². The number of nitrogens with two attached hydrogens (primary N) is 1. The molecule has 0 saturated heterocycles. The molecule has 20 heavy (non-hydrogen) atoms. The molecule has 1 aromatic carbocycles. The summed E-state index contributed by atoms with van der Waals surface area (Å²) in [5.74, 6) is -3.45. The third-order valence-corrected chi connectivity index (χ3v) is 2.62. The Kier molecular flexibility index (Phi) is 4.90. The van der Waals surface area contributed by atoms with Crippen molar-refractivity contribution in [1.29, 1.82) is 0 Å². The van der Waals surface area contributed by atoms with Gasteiger partial charge in [-0.3, -0.25) is 0 Å². The number of alkyl halides is 6. The second-order valence-corrected chi connectivity index (χ2v) is 4.09. The van der Waals surface area contributed by atoms with Gasteiger partial charge in [-0.25, -0.2) is 0 Å². The van der Waals surface area contributed by atoms with Crippen molar-refractivity contribution in [3.63, 3.8) is 0 Å². The summed E-state index contributed by atoms with van der Waals surface area (Å²) in [6.45, 7) is 1.88. The van der Waals surface area contributed by atoms with Gasteiger partial charge in [-0.15, -0.1) is 0 Å². The van der Waals surface area contributed by atoms with Crippen LogP contribution in [0.3, 0.4) is 0 Å². The Morgan fingerprint density at radius 2 is 1.65 bits per heavy atom. The molecular formula is C12H13F6NO. The predicted octanol–water partition coefficient (Wildman–Crippen LogP) is 3.83. The molecule has 8 heteroatoms. The standard InChI is InChI=1S/C12H13F6NO/c1-2-20-8-5-3-4-7(6-8)9(19)10(11(13,14)15)12(16,17)18/h3-6,9-10H,2,19H2,1H3. The van der Waals surface area contributed by atoms with E-state index in [4.69, 9.17) is 10.5 Å². The molecule has 114 valence electrons. The summed E-state index contributed by atoms with van der Waals surface area (Å²) in [5, 5.41) is 0. The Morgan fingerprint density at radius 1 is 1.10 bits per heavy atom. The van der Waals surface area contributed by atoms with Gasteiger partial charge in [-0.2, -0.15) is 26.3 Å². The van der Waals surface area contributed by atoms with Crippen LogP contribution < -0.4 is 10.5 Å². The van der Waals surface area contributed by atoms with Gasteiger partial charge in [0.2, 0.25) is 0 Å². The van der Waals surface area contributed by atoms with Gasteiger partial charge >= 0.3 is 12.4 Å². The third-order valence-electron chi connectivity index (χ3n) is 2.62. The largest absolute Gasteiger partial charge is 0.494 e. The molecule has 1 unspecified atom stereocenters. The summed E-state index contributed by atoms with van der Waals surface area (Å²) in [7, 11) is 0. The highest BCUT2D eigenvalue weighted by atomic mass is 19.4. The summed E-state index contributed by atoms with van der Waals surface area (Å²) in [5.41, 5.74) is 4.90. The zero-order chi connectivity index (χ0) is 15.6. The first-order valence-electron chi connectivity index (χ1n) is 5.69. The van der Waals surface area contributed by atoms with Crippen LogP contribution in [0.25, 0.3) is 0 Å². The van der Waals surface area contributed by atoms with Crippen molar-refractivity contribution in [3.05, 3.63) is 29.8 Å². The van der Waals surface area contributed by atoms with E-state index < -0.39 is 24.3 Å². The van der Waals surface area contributed by atoms with Crippen molar-refractivity contribution in [2.75, 3.05) is 6.61 Å². The van der Waals surface area contributed by atoms with E-state index in [1.807, 2.05) is 0 Å². The van der Waals surface area contributed by atoms with Crippen molar-refractivity contribution in [1.82, 2.24) is 0 Å². The lowest BCUT2D eigenvalue weighted by atomic mass is 9.92. The van der Waals surface area contributed by atoms with Gasteiger partial charge in [0.15, 0.2) is 5.92 Å². The molecule has 0 bridgehead atoms. The Labute approximate surface area is 111 Å². The summed E-state index contributed by atoms with van der Waals surface area (Å²) in [6.07, 6.45) is -10.9. The third kappa shape index (κ3) is 4.03. The number of hydrogen-bond donors (Lipinski definition) is 1. The van der Waals surface area contributed by atoms with Crippen molar-refractivity contribution < 1.29 is 31.1 Å². The Hall–Kier alpha value is -1.44. The molecule has 0 radical (unpaired) electrons. The quantitative estimate of drug-likeness (QED) is 0.858. The van der Waals surface area contributed by atoms with E-state index >= 15 is 0 Å². The molecule has 1 atom stereocenters. The van der Waals surface area contributed by atoms with E-state index in [1.165, 1.54) is 12.1 Å². The topological polar surface area (TPSA) is 35.2 Å². The lowest BCUT2D eigenvalue weighted by Gasteiger charge is -2.28. The van der Waals surface area contributed by atoms with Crippen LogP contribution in [0.5, 0.6) is 5.75 Å². The minimum absolute atomic E-state index is 0.170. The van der Waals surface area contributed by atoms with E-state index in [2.05, 4.69) is 0 Å². The first kappa shape index (κ1) is 16.6. The van der Waals surface area contributed by atoms with E-state index in [0.717, 1.165) is 12.1 Å². The Balaban J connectivity index is 3.13. The van der Waals surface area contributed by atoms with E-state index in [9.17, 15) is 26.3 Å². The lowest BCUT2D eigenvalue weighted by molar-refractivity contribution is -0.290. The smallest absolute Gasteiger partial charge is 0.402 e. The molecule has 1 rings (SSSR count). The van der Waals surface area contributed by atoms with Crippen LogP contribution in [0.1, 0.15) is 18.5 Å². The van der Waals surface area contributed by atoms with Gasteiger partial charge in [-0.1, -0.05) is 12.1 Å². The molecule has 0 amide bonds. The molecule has 1 aromatic rings. The van der Waals surface area contributed by atoms with Crippen LogP contribution in [-0.2, 0) is 0 Å². The zero-order valence-corrected chi connectivity index (χ0v) is 10.4. The average Bonchev–Trinajstić information content (AvgIpc) is 2.25. The maximum absolute atomic E-state index is 12.6. The first-order chi connectivity index (χ1) is 9.07. The van der Waals surface area contributed by atoms with Crippen LogP contribution in [0.2, 0.25) is 0 Å². The highest BCUT2D eigenvalue weighted by Gasteiger charge is 2.59. The van der Waals surface area contributed by atoms with Crippen molar-refractivity contribution in [2.24, 2.45) is 11.7 Å². The SMILES string of the molecule is CCOc1cccc(C(N)C(C(F)(F)F)C(F)(F)F)c1. The molecule has 0 aliphatic carbocycles.